The van der Waals surface area contributed by atoms with Crippen molar-refractivity contribution in [2.24, 2.45) is 4.99 Å². The Balaban J connectivity index is 1.82. The Morgan fingerprint density at radius 3 is 2.39 bits per heavy atom. The van der Waals surface area contributed by atoms with Crippen molar-refractivity contribution < 1.29 is 18.4 Å². The zero-order valence-electron chi connectivity index (χ0n) is 14.8. The molecule has 2 aromatic carbocycles. The van der Waals surface area contributed by atoms with Crippen LogP contribution in [0.4, 0.5) is 11.4 Å². The van der Waals surface area contributed by atoms with E-state index in [4.69, 9.17) is 11.6 Å². The standard InChI is InChI=1S/C18H18ClN3O5S/c19-14-10-13(18(23)17(11-14)22(24)25)12-20-15-4-6-16(7-5-15)28(26,27)21-8-2-1-3-9-21/h4-7,10-12,23H,1-3,8-9H2. The molecule has 3 rings (SSSR count). The number of phenolic OH excluding ortho intramolecular Hbond substituents is 1. The largest absolute Gasteiger partial charge is 0.502 e. The third kappa shape index (κ3) is 4.32. The SMILES string of the molecule is O=[N+]([O-])c1cc(Cl)cc(C=Nc2ccc(S(=O)(=O)N3CCCCC3)cc2)c1O. The topological polar surface area (TPSA) is 113 Å². The molecular weight excluding hydrogens is 406 g/mol. The molecule has 1 saturated heterocycles. The molecule has 28 heavy (non-hydrogen) atoms. The number of hydrogen-bond donors (Lipinski definition) is 1. The highest BCUT2D eigenvalue weighted by atomic mass is 35.5. The van der Waals surface area contributed by atoms with Crippen molar-refractivity contribution in [3.8, 4) is 5.75 Å². The number of benzene rings is 2. The van der Waals surface area contributed by atoms with Gasteiger partial charge in [0.25, 0.3) is 0 Å². The quantitative estimate of drug-likeness (QED) is 0.445. The summed E-state index contributed by atoms with van der Waals surface area (Å²) in [5.74, 6) is -0.539. The lowest BCUT2D eigenvalue weighted by Gasteiger charge is -2.25. The van der Waals surface area contributed by atoms with Gasteiger partial charge in [0.15, 0.2) is 0 Å². The van der Waals surface area contributed by atoms with E-state index in [9.17, 15) is 23.6 Å². The van der Waals surface area contributed by atoms with Crippen LogP contribution in [0.25, 0.3) is 0 Å². The van der Waals surface area contributed by atoms with Crippen molar-refractivity contribution >= 4 is 39.2 Å². The Kier molecular flexibility index (Phi) is 5.97. The van der Waals surface area contributed by atoms with Gasteiger partial charge in [0, 0.05) is 36.0 Å². The molecule has 1 N–H and O–H groups in total. The first kappa shape index (κ1) is 20.2. The Labute approximate surface area is 167 Å². The number of aliphatic imine (C=N–C) groups is 1. The van der Waals surface area contributed by atoms with Crippen LogP contribution in [-0.2, 0) is 10.0 Å². The fraction of sp³-hybridized carbons (Fsp3) is 0.278. The van der Waals surface area contributed by atoms with Crippen molar-refractivity contribution in [1.29, 1.82) is 0 Å². The summed E-state index contributed by atoms with van der Waals surface area (Å²) in [5.41, 5.74) is 0.000704. The zero-order chi connectivity index (χ0) is 20.3. The summed E-state index contributed by atoms with van der Waals surface area (Å²) in [6.07, 6.45) is 3.99. The first-order valence-corrected chi connectivity index (χ1v) is 10.4. The van der Waals surface area contributed by atoms with Crippen LogP contribution in [0.15, 0.2) is 46.3 Å². The molecule has 0 radical (unpaired) electrons. The molecule has 8 nitrogen and oxygen atoms in total. The summed E-state index contributed by atoms with van der Waals surface area (Å²) in [7, 11) is -3.52. The number of nitro benzene ring substituents is 1. The maximum Gasteiger partial charge on any atom is 0.312 e. The number of sulfonamides is 1. The van der Waals surface area contributed by atoms with Gasteiger partial charge in [-0.1, -0.05) is 18.0 Å². The van der Waals surface area contributed by atoms with Crippen LogP contribution in [0.1, 0.15) is 24.8 Å². The van der Waals surface area contributed by atoms with Crippen LogP contribution in [0.2, 0.25) is 5.02 Å². The lowest BCUT2D eigenvalue weighted by atomic mass is 10.2. The van der Waals surface area contributed by atoms with Gasteiger partial charge in [0.1, 0.15) is 0 Å². The third-order valence-corrected chi connectivity index (χ3v) is 6.55. The van der Waals surface area contributed by atoms with Crippen LogP contribution in [0.5, 0.6) is 5.75 Å². The van der Waals surface area contributed by atoms with E-state index in [1.807, 2.05) is 0 Å². The maximum atomic E-state index is 12.6. The number of phenols is 1. The van der Waals surface area contributed by atoms with E-state index < -0.39 is 26.4 Å². The van der Waals surface area contributed by atoms with Gasteiger partial charge in [-0.3, -0.25) is 15.1 Å². The van der Waals surface area contributed by atoms with E-state index in [2.05, 4.69) is 4.99 Å². The summed E-state index contributed by atoms with van der Waals surface area (Å²) in [6, 6.07) is 8.40. The summed E-state index contributed by atoms with van der Waals surface area (Å²) < 4.78 is 26.8. The molecule has 10 heteroatoms. The second-order valence-corrected chi connectivity index (χ2v) is 8.71. The van der Waals surface area contributed by atoms with Crippen molar-refractivity contribution in [3.63, 3.8) is 0 Å². The second kappa shape index (κ2) is 8.26. The van der Waals surface area contributed by atoms with Crippen LogP contribution >= 0.6 is 11.6 Å². The molecule has 0 bridgehead atoms. The smallest absolute Gasteiger partial charge is 0.312 e. The predicted molar refractivity (Wildman–Crippen MR) is 106 cm³/mol. The third-order valence-electron chi connectivity index (χ3n) is 4.42. The van der Waals surface area contributed by atoms with Crippen molar-refractivity contribution in [1.82, 2.24) is 4.31 Å². The van der Waals surface area contributed by atoms with Gasteiger partial charge < -0.3 is 5.11 Å². The molecule has 1 aliphatic rings. The molecule has 0 saturated carbocycles. The van der Waals surface area contributed by atoms with Crippen LogP contribution in [0.3, 0.4) is 0 Å². The number of nitro groups is 1. The van der Waals surface area contributed by atoms with Gasteiger partial charge in [-0.25, -0.2) is 8.42 Å². The predicted octanol–water partition coefficient (Wildman–Crippen LogP) is 3.88. The Morgan fingerprint density at radius 1 is 1.14 bits per heavy atom. The highest BCUT2D eigenvalue weighted by molar-refractivity contribution is 7.89. The molecule has 0 atom stereocenters. The molecule has 1 heterocycles. The number of aromatic hydroxyl groups is 1. The minimum atomic E-state index is -3.52. The van der Waals surface area contributed by atoms with Gasteiger partial charge in [-0.2, -0.15) is 4.31 Å². The molecule has 0 aromatic heterocycles. The fourth-order valence-corrected chi connectivity index (χ4v) is 4.68. The first-order valence-electron chi connectivity index (χ1n) is 8.60. The van der Waals surface area contributed by atoms with Gasteiger partial charge in [-0.15, -0.1) is 0 Å². The fourth-order valence-electron chi connectivity index (χ4n) is 2.95. The van der Waals surface area contributed by atoms with E-state index in [1.165, 1.54) is 40.9 Å². The van der Waals surface area contributed by atoms with Gasteiger partial charge in [-0.05, 0) is 43.2 Å². The van der Waals surface area contributed by atoms with Crippen LogP contribution in [-0.4, -0.2) is 42.1 Å². The van der Waals surface area contributed by atoms with E-state index in [1.54, 1.807) is 0 Å². The molecule has 0 spiro atoms. The summed E-state index contributed by atoms with van der Waals surface area (Å²) in [5, 5.41) is 21.0. The highest BCUT2D eigenvalue weighted by Gasteiger charge is 2.25. The molecule has 1 fully saturated rings. The summed E-state index contributed by atoms with van der Waals surface area (Å²) in [6.45, 7) is 1.05. The minimum Gasteiger partial charge on any atom is -0.502 e. The Morgan fingerprint density at radius 2 is 1.79 bits per heavy atom. The molecule has 148 valence electrons. The van der Waals surface area contributed by atoms with Gasteiger partial charge in [0.2, 0.25) is 15.8 Å². The maximum absolute atomic E-state index is 12.6. The Hall–Kier alpha value is -2.49. The van der Waals surface area contributed by atoms with Gasteiger partial charge >= 0.3 is 5.69 Å². The zero-order valence-corrected chi connectivity index (χ0v) is 16.4. The lowest BCUT2D eigenvalue weighted by molar-refractivity contribution is -0.385. The van der Waals surface area contributed by atoms with Gasteiger partial charge in [0.05, 0.1) is 15.5 Å². The molecule has 0 unspecified atom stereocenters. The minimum absolute atomic E-state index is 0.0872. The van der Waals surface area contributed by atoms with E-state index in [0.29, 0.717) is 18.8 Å². The van der Waals surface area contributed by atoms with Crippen molar-refractivity contribution in [3.05, 3.63) is 57.1 Å². The van der Waals surface area contributed by atoms with Crippen LogP contribution in [0, 0.1) is 10.1 Å². The average molecular weight is 424 g/mol. The monoisotopic (exact) mass is 423 g/mol. The van der Waals surface area contributed by atoms with E-state index in [-0.39, 0.29) is 15.5 Å². The highest BCUT2D eigenvalue weighted by Crippen LogP contribution is 2.32. The number of rotatable bonds is 5. The number of nitrogens with zero attached hydrogens (tertiary/aromatic N) is 3. The van der Waals surface area contributed by atoms with Crippen LogP contribution < -0.4 is 0 Å². The Bertz CT molecular complexity index is 1020. The normalized spacial score (nSPS) is 15.8. The molecule has 1 aliphatic heterocycles. The van der Waals surface area contributed by atoms with Crippen molar-refractivity contribution in [2.45, 2.75) is 24.2 Å². The summed E-state index contributed by atoms with van der Waals surface area (Å²) in [4.78, 5) is 14.5. The molecular formula is C18H18ClN3O5S. The molecule has 0 amide bonds. The lowest BCUT2D eigenvalue weighted by Crippen LogP contribution is -2.35. The van der Waals surface area contributed by atoms with E-state index in [0.717, 1.165) is 25.3 Å². The number of hydrogen-bond acceptors (Lipinski definition) is 6. The number of piperidine rings is 1. The molecule has 2 aromatic rings. The average Bonchev–Trinajstić information content (AvgIpc) is 2.69. The summed E-state index contributed by atoms with van der Waals surface area (Å²) >= 11 is 5.84. The van der Waals surface area contributed by atoms with Crippen molar-refractivity contribution in [2.75, 3.05) is 13.1 Å². The van der Waals surface area contributed by atoms with E-state index >= 15 is 0 Å². The second-order valence-electron chi connectivity index (χ2n) is 6.34. The number of halogens is 1. The first-order chi connectivity index (χ1) is 13.3. The molecule has 0 aliphatic carbocycles.